The maximum absolute atomic E-state index is 10.8. The van der Waals surface area contributed by atoms with Gasteiger partial charge in [0.1, 0.15) is 6.33 Å². The van der Waals surface area contributed by atoms with Gasteiger partial charge in [-0.05, 0) is 23.2 Å². The summed E-state index contributed by atoms with van der Waals surface area (Å²) >= 11 is -2.23. The minimum Gasteiger partial charge on any atom is -0.768 e. The topological polar surface area (TPSA) is 65.9 Å². The Morgan fingerprint density at radius 1 is 1.38 bits per heavy atom. The Labute approximate surface area is 76.9 Å². The molecule has 13 heavy (non-hydrogen) atoms. The van der Waals surface area contributed by atoms with Crippen LogP contribution in [-0.4, -0.2) is 18.7 Å². The van der Waals surface area contributed by atoms with Crippen molar-refractivity contribution in [3.05, 3.63) is 30.7 Å². The fourth-order valence-corrected chi connectivity index (χ4v) is 1.65. The first-order valence-corrected chi connectivity index (χ1v) is 4.64. The van der Waals surface area contributed by atoms with Crippen LogP contribution in [0, 0.1) is 0 Å². The second-order valence-corrected chi connectivity index (χ2v) is 3.36. The molecule has 66 valence electrons. The van der Waals surface area contributed by atoms with Crippen LogP contribution in [-0.2, 0) is 11.1 Å². The van der Waals surface area contributed by atoms with Gasteiger partial charge in [0.05, 0.1) is 5.52 Å². The molecule has 0 fully saturated rings. The van der Waals surface area contributed by atoms with Gasteiger partial charge >= 0.3 is 0 Å². The fourth-order valence-electron chi connectivity index (χ4n) is 1.12. The highest BCUT2D eigenvalue weighted by atomic mass is 32.2. The van der Waals surface area contributed by atoms with Crippen molar-refractivity contribution >= 4 is 22.0 Å². The monoisotopic (exact) mass is 193 g/mol. The molecule has 0 radical (unpaired) electrons. The summed E-state index contributed by atoms with van der Waals surface area (Å²) in [6.45, 7) is 0. The molecule has 0 N–H and O–H groups in total. The number of hydrogen-bond acceptors (Lipinski definition) is 4. The maximum Gasteiger partial charge on any atom is 0.116 e. The van der Waals surface area contributed by atoms with Gasteiger partial charge in [-0.3, -0.25) is 4.21 Å². The van der Waals surface area contributed by atoms with E-state index in [9.17, 15) is 8.76 Å². The molecule has 1 unspecified atom stereocenters. The van der Waals surface area contributed by atoms with Crippen LogP contribution in [0.3, 0.4) is 0 Å². The van der Waals surface area contributed by atoms with Crippen molar-refractivity contribution in [2.75, 3.05) is 0 Å². The molecule has 1 aromatic heterocycles. The highest BCUT2D eigenvalue weighted by molar-refractivity contribution is 7.79. The molecule has 2 rings (SSSR count). The third-order valence-corrected chi connectivity index (χ3v) is 2.40. The number of nitrogens with zero attached hydrogens (tertiary/aromatic N) is 2. The van der Waals surface area contributed by atoms with Gasteiger partial charge in [0.2, 0.25) is 0 Å². The van der Waals surface area contributed by atoms with Crippen LogP contribution < -0.4 is 0 Å². The largest absolute Gasteiger partial charge is 0.768 e. The highest BCUT2D eigenvalue weighted by Crippen LogP contribution is 2.17. The number of benzene rings is 1. The van der Waals surface area contributed by atoms with E-state index in [-0.39, 0.29) is 4.90 Å². The van der Waals surface area contributed by atoms with E-state index in [0.717, 1.165) is 0 Å². The van der Waals surface area contributed by atoms with Crippen molar-refractivity contribution in [1.82, 2.24) is 9.97 Å². The summed E-state index contributed by atoms with van der Waals surface area (Å²) in [6, 6.07) is 4.92. The van der Waals surface area contributed by atoms with Gasteiger partial charge in [0.25, 0.3) is 0 Å². The predicted molar refractivity (Wildman–Crippen MR) is 46.7 cm³/mol. The fraction of sp³-hybridized carbons (Fsp3) is 0. The standard InChI is InChI=1S/C8H6N2O2S/c11-13(12)8-3-1-2-7-6(8)4-9-5-10-7/h1-5H,(H,11,12)/p-1. The summed E-state index contributed by atoms with van der Waals surface area (Å²) in [4.78, 5) is 7.95. The van der Waals surface area contributed by atoms with E-state index in [1.54, 1.807) is 12.1 Å². The molecule has 0 spiro atoms. The normalized spacial score (nSPS) is 13.0. The molecule has 1 aromatic carbocycles. The summed E-state index contributed by atoms with van der Waals surface area (Å²) in [6.07, 6.45) is 2.88. The summed E-state index contributed by atoms with van der Waals surface area (Å²) < 4.78 is 21.5. The van der Waals surface area contributed by atoms with Crippen LogP contribution in [0.4, 0.5) is 0 Å². The summed E-state index contributed by atoms with van der Waals surface area (Å²) in [5.41, 5.74) is 0.636. The SMILES string of the molecule is O=S([O-])c1cccc2ncncc12. The first kappa shape index (κ1) is 8.28. The van der Waals surface area contributed by atoms with E-state index in [2.05, 4.69) is 9.97 Å². The van der Waals surface area contributed by atoms with Gasteiger partial charge in [-0.2, -0.15) is 0 Å². The zero-order chi connectivity index (χ0) is 9.26. The zero-order valence-electron chi connectivity index (χ0n) is 6.51. The molecular weight excluding hydrogens is 188 g/mol. The first-order valence-electron chi connectivity index (χ1n) is 3.57. The van der Waals surface area contributed by atoms with E-state index in [4.69, 9.17) is 0 Å². The number of aromatic nitrogens is 2. The van der Waals surface area contributed by atoms with E-state index < -0.39 is 11.1 Å². The third-order valence-electron chi connectivity index (χ3n) is 1.69. The lowest BCUT2D eigenvalue weighted by Crippen LogP contribution is -1.91. The average Bonchev–Trinajstić information content (AvgIpc) is 2.17. The average molecular weight is 193 g/mol. The molecule has 1 heterocycles. The molecule has 5 heteroatoms. The van der Waals surface area contributed by atoms with Gasteiger partial charge in [0.15, 0.2) is 0 Å². The Bertz CT molecular complexity index is 467. The maximum atomic E-state index is 10.8. The summed E-state index contributed by atoms with van der Waals surface area (Å²) in [5.74, 6) is 0. The van der Waals surface area contributed by atoms with Crippen LogP contribution in [0.15, 0.2) is 35.6 Å². The van der Waals surface area contributed by atoms with Crippen LogP contribution in [0.5, 0.6) is 0 Å². The van der Waals surface area contributed by atoms with Crippen LogP contribution in [0.2, 0.25) is 0 Å². The Hall–Kier alpha value is -1.33. The third kappa shape index (κ3) is 1.43. The van der Waals surface area contributed by atoms with Crippen molar-refractivity contribution in [3.8, 4) is 0 Å². The van der Waals surface area contributed by atoms with Crippen molar-refractivity contribution in [2.45, 2.75) is 4.90 Å². The smallest absolute Gasteiger partial charge is 0.116 e. The Kier molecular flexibility index (Phi) is 2.03. The minimum absolute atomic E-state index is 0.234. The molecule has 1 atom stereocenters. The predicted octanol–water partition coefficient (Wildman–Crippen LogP) is 0.868. The van der Waals surface area contributed by atoms with Gasteiger partial charge in [-0.25, -0.2) is 9.97 Å². The molecule has 0 bridgehead atoms. The van der Waals surface area contributed by atoms with Gasteiger partial charge in [0, 0.05) is 16.5 Å². The first-order chi connectivity index (χ1) is 6.29. The van der Waals surface area contributed by atoms with E-state index >= 15 is 0 Å². The molecule has 0 aliphatic rings. The van der Waals surface area contributed by atoms with Gasteiger partial charge in [-0.1, -0.05) is 6.07 Å². The summed E-state index contributed by atoms with van der Waals surface area (Å²) in [5, 5.41) is 0.554. The van der Waals surface area contributed by atoms with Crippen molar-refractivity contribution in [2.24, 2.45) is 0 Å². The van der Waals surface area contributed by atoms with Gasteiger partial charge in [-0.15, -0.1) is 0 Å². The Morgan fingerprint density at radius 2 is 2.23 bits per heavy atom. The lowest BCUT2D eigenvalue weighted by atomic mass is 10.2. The van der Waals surface area contributed by atoms with Crippen molar-refractivity contribution < 1.29 is 8.76 Å². The zero-order valence-corrected chi connectivity index (χ0v) is 7.32. The second kappa shape index (κ2) is 3.20. The van der Waals surface area contributed by atoms with Crippen molar-refractivity contribution in [3.63, 3.8) is 0 Å². The molecule has 0 saturated carbocycles. The highest BCUT2D eigenvalue weighted by Gasteiger charge is 2.00. The molecule has 0 aliphatic carbocycles. The quantitative estimate of drug-likeness (QED) is 0.630. The minimum atomic E-state index is -2.23. The Morgan fingerprint density at radius 3 is 3.00 bits per heavy atom. The number of hydrogen-bond donors (Lipinski definition) is 0. The summed E-state index contributed by atoms with van der Waals surface area (Å²) in [7, 11) is 0. The number of fused-ring (bicyclic) bond motifs is 1. The lowest BCUT2D eigenvalue weighted by Gasteiger charge is -2.07. The Balaban J connectivity index is 2.83. The second-order valence-electron chi connectivity index (χ2n) is 2.45. The van der Waals surface area contributed by atoms with Crippen LogP contribution in [0.1, 0.15) is 0 Å². The van der Waals surface area contributed by atoms with E-state index in [1.807, 2.05) is 0 Å². The van der Waals surface area contributed by atoms with Crippen molar-refractivity contribution in [1.29, 1.82) is 0 Å². The molecule has 2 aromatic rings. The molecule has 4 nitrogen and oxygen atoms in total. The molecule has 0 saturated heterocycles. The molecule has 0 aliphatic heterocycles. The van der Waals surface area contributed by atoms with E-state index in [0.29, 0.717) is 10.9 Å². The molecule has 0 amide bonds. The lowest BCUT2D eigenvalue weighted by molar-refractivity contribution is 0.538. The van der Waals surface area contributed by atoms with E-state index in [1.165, 1.54) is 18.6 Å². The molecular formula is C8H5N2O2S-. The van der Waals surface area contributed by atoms with Crippen LogP contribution in [0.25, 0.3) is 10.9 Å². The van der Waals surface area contributed by atoms with Crippen LogP contribution >= 0.6 is 0 Å². The van der Waals surface area contributed by atoms with Gasteiger partial charge < -0.3 is 4.55 Å². The number of rotatable bonds is 1.